The minimum atomic E-state index is -0.232. The summed E-state index contributed by atoms with van der Waals surface area (Å²) >= 11 is 0. The van der Waals surface area contributed by atoms with Gasteiger partial charge in [-0.05, 0) is 56.1 Å². The number of carbonyl (C=O) groups excluding carboxylic acids is 1. The summed E-state index contributed by atoms with van der Waals surface area (Å²) in [6.45, 7) is 4.59. The summed E-state index contributed by atoms with van der Waals surface area (Å²) < 4.78 is 11.6. The second-order valence-corrected chi connectivity index (χ2v) is 8.13. The molecule has 1 atom stereocenters. The van der Waals surface area contributed by atoms with E-state index in [0.717, 1.165) is 54.3 Å². The van der Waals surface area contributed by atoms with Gasteiger partial charge < -0.3 is 8.83 Å². The summed E-state index contributed by atoms with van der Waals surface area (Å²) in [4.78, 5) is 15.4. The van der Waals surface area contributed by atoms with Crippen LogP contribution in [0.5, 0.6) is 0 Å². The number of rotatable bonds is 4. The maximum Gasteiger partial charge on any atom is 0.257 e. The van der Waals surface area contributed by atoms with E-state index in [-0.39, 0.29) is 11.9 Å². The molecular formula is C23H25N3O3. The van der Waals surface area contributed by atoms with Crippen molar-refractivity contribution in [2.24, 2.45) is 11.0 Å². The molecule has 6 nitrogen and oxygen atoms in total. The number of piperidine rings is 1. The Morgan fingerprint density at radius 2 is 2.00 bits per heavy atom. The quantitative estimate of drug-likeness (QED) is 0.660. The van der Waals surface area contributed by atoms with E-state index in [2.05, 4.69) is 11.8 Å². The number of fused-ring (bicyclic) bond motifs is 1. The van der Waals surface area contributed by atoms with Crippen molar-refractivity contribution in [1.29, 1.82) is 0 Å². The summed E-state index contributed by atoms with van der Waals surface area (Å²) in [6, 6.07) is 13.4. The van der Waals surface area contributed by atoms with Crippen molar-refractivity contribution in [2.45, 2.75) is 32.2 Å². The lowest BCUT2D eigenvalue weighted by Crippen LogP contribution is -2.41. The summed E-state index contributed by atoms with van der Waals surface area (Å²) in [5.41, 5.74) is 1.61. The lowest BCUT2D eigenvalue weighted by Gasteiger charge is -2.31. The highest BCUT2D eigenvalue weighted by Crippen LogP contribution is 2.34. The molecule has 1 amide bonds. The van der Waals surface area contributed by atoms with Gasteiger partial charge >= 0.3 is 0 Å². The van der Waals surface area contributed by atoms with Crippen LogP contribution < -0.4 is 0 Å². The van der Waals surface area contributed by atoms with Gasteiger partial charge in [0.2, 0.25) is 0 Å². The van der Waals surface area contributed by atoms with Gasteiger partial charge in [-0.25, -0.2) is 5.01 Å². The highest BCUT2D eigenvalue weighted by molar-refractivity contribution is 6.03. The predicted molar refractivity (Wildman–Crippen MR) is 111 cm³/mol. The van der Waals surface area contributed by atoms with Gasteiger partial charge in [0.05, 0.1) is 12.8 Å². The number of likely N-dealkylation sites (tertiary alicyclic amines) is 1. The van der Waals surface area contributed by atoms with Crippen LogP contribution in [-0.2, 0) is 4.79 Å². The molecule has 29 heavy (non-hydrogen) atoms. The molecule has 0 unspecified atom stereocenters. The molecule has 0 aliphatic carbocycles. The Kier molecular flexibility index (Phi) is 4.72. The first-order valence-corrected chi connectivity index (χ1v) is 10.3. The van der Waals surface area contributed by atoms with Crippen molar-refractivity contribution in [3.8, 4) is 0 Å². The van der Waals surface area contributed by atoms with E-state index >= 15 is 0 Å². The molecular weight excluding hydrogens is 366 g/mol. The van der Waals surface area contributed by atoms with Gasteiger partial charge in [0.15, 0.2) is 5.76 Å². The van der Waals surface area contributed by atoms with Gasteiger partial charge in [0.1, 0.15) is 23.1 Å². The number of carbonyl (C=O) groups is 1. The third-order valence-electron chi connectivity index (χ3n) is 5.98. The molecule has 0 radical (unpaired) electrons. The van der Waals surface area contributed by atoms with E-state index < -0.39 is 0 Å². The van der Waals surface area contributed by atoms with Crippen LogP contribution in [0.15, 0.2) is 62.7 Å². The van der Waals surface area contributed by atoms with Gasteiger partial charge in [0, 0.05) is 11.8 Å². The minimum Gasteiger partial charge on any atom is -0.467 e. The van der Waals surface area contributed by atoms with Crippen LogP contribution in [0.1, 0.15) is 43.7 Å². The lowest BCUT2D eigenvalue weighted by atomic mass is 9.99. The zero-order valence-corrected chi connectivity index (χ0v) is 16.6. The van der Waals surface area contributed by atoms with E-state index in [1.807, 2.05) is 42.5 Å². The van der Waals surface area contributed by atoms with Gasteiger partial charge in [0.25, 0.3) is 5.91 Å². The number of hydrogen-bond acceptors (Lipinski definition) is 5. The Hall–Kier alpha value is -2.86. The zero-order chi connectivity index (χ0) is 19.8. The first-order valence-electron chi connectivity index (χ1n) is 10.3. The average Bonchev–Trinajstić information content (AvgIpc) is 3.47. The van der Waals surface area contributed by atoms with Crippen molar-refractivity contribution in [3.63, 3.8) is 0 Å². The molecule has 0 spiro atoms. The second kappa shape index (κ2) is 7.52. The predicted octanol–water partition coefficient (Wildman–Crippen LogP) is 4.44. The van der Waals surface area contributed by atoms with Crippen LogP contribution in [0, 0.1) is 5.92 Å². The van der Waals surface area contributed by atoms with Crippen molar-refractivity contribution in [1.82, 2.24) is 9.91 Å². The SMILES string of the molecule is CC1CCN(CC(=O)N2N=C(c3cc4ccccc4o3)C[C@@H]2c2ccco2)CC1. The number of para-hydroxylation sites is 1. The highest BCUT2D eigenvalue weighted by Gasteiger charge is 2.36. The van der Waals surface area contributed by atoms with E-state index in [1.54, 1.807) is 11.3 Å². The van der Waals surface area contributed by atoms with Gasteiger partial charge in [-0.3, -0.25) is 9.69 Å². The van der Waals surface area contributed by atoms with Crippen LogP contribution in [0.2, 0.25) is 0 Å². The molecule has 6 heteroatoms. The molecule has 1 aromatic carbocycles. The fourth-order valence-electron chi connectivity index (χ4n) is 4.20. The fraction of sp³-hybridized carbons (Fsp3) is 0.391. The molecule has 5 rings (SSSR count). The third-order valence-corrected chi connectivity index (χ3v) is 5.98. The number of amides is 1. The maximum absolute atomic E-state index is 13.2. The van der Waals surface area contributed by atoms with Crippen molar-refractivity contribution < 1.29 is 13.6 Å². The molecule has 2 aliphatic heterocycles. The molecule has 0 saturated carbocycles. The summed E-state index contributed by atoms with van der Waals surface area (Å²) in [5.74, 6) is 2.21. The number of benzene rings is 1. The zero-order valence-electron chi connectivity index (χ0n) is 16.6. The van der Waals surface area contributed by atoms with Crippen LogP contribution in [0.25, 0.3) is 11.0 Å². The Labute approximate surface area is 169 Å². The number of furan rings is 2. The van der Waals surface area contributed by atoms with Crippen LogP contribution >= 0.6 is 0 Å². The largest absolute Gasteiger partial charge is 0.467 e. The number of hydrogen-bond donors (Lipinski definition) is 0. The number of nitrogens with zero attached hydrogens (tertiary/aromatic N) is 3. The minimum absolute atomic E-state index is 0.00654. The standard InChI is InChI=1S/C23H25N3O3/c1-16-8-10-25(11-9-16)15-23(27)26-19(21-7-4-12-28-21)14-18(24-26)22-13-17-5-2-3-6-20(17)29-22/h2-7,12-13,16,19H,8-11,14-15H2,1H3/t19-/m1/s1. The van der Waals surface area contributed by atoms with Crippen LogP contribution in [0.4, 0.5) is 0 Å². The maximum atomic E-state index is 13.2. The van der Waals surface area contributed by atoms with Crippen molar-refractivity contribution in [3.05, 3.63) is 60.2 Å². The normalized spacial score (nSPS) is 21.1. The van der Waals surface area contributed by atoms with Gasteiger partial charge in [-0.1, -0.05) is 25.1 Å². The summed E-state index contributed by atoms with van der Waals surface area (Å²) in [5, 5.41) is 7.32. The summed E-state index contributed by atoms with van der Waals surface area (Å²) in [6.07, 6.45) is 4.50. The molecule has 150 valence electrons. The average molecular weight is 391 g/mol. The monoisotopic (exact) mass is 391 g/mol. The molecule has 1 saturated heterocycles. The Bertz CT molecular complexity index is 996. The molecule has 2 aromatic heterocycles. The first kappa shape index (κ1) is 18.2. The van der Waals surface area contributed by atoms with Crippen LogP contribution in [0.3, 0.4) is 0 Å². The first-order chi connectivity index (χ1) is 14.2. The van der Waals surface area contributed by atoms with Gasteiger partial charge in [-0.15, -0.1) is 0 Å². The molecule has 4 heterocycles. The van der Waals surface area contributed by atoms with Gasteiger partial charge in [-0.2, -0.15) is 5.10 Å². The molecule has 0 N–H and O–H groups in total. The highest BCUT2D eigenvalue weighted by atomic mass is 16.3. The molecule has 0 bridgehead atoms. The van der Waals surface area contributed by atoms with Crippen molar-refractivity contribution >= 4 is 22.6 Å². The topological polar surface area (TPSA) is 62.2 Å². The fourth-order valence-corrected chi connectivity index (χ4v) is 4.20. The Morgan fingerprint density at radius 1 is 1.17 bits per heavy atom. The Morgan fingerprint density at radius 3 is 2.76 bits per heavy atom. The van der Waals surface area contributed by atoms with Crippen LogP contribution in [-0.4, -0.2) is 41.2 Å². The summed E-state index contributed by atoms with van der Waals surface area (Å²) in [7, 11) is 0. The number of hydrazone groups is 1. The second-order valence-electron chi connectivity index (χ2n) is 8.13. The molecule has 1 fully saturated rings. The van der Waals surface area contributed by atoms with E-state index in [4.69, 9.17) is 13.9 Å². The van der Waals surface area contributed by atoms with E-state index in [1.165, 1.54) is 0 Å². The van der Waals surface area contributed by atoms with Crippen molar-refractivity contribution in [2.75, 3.05) is 19.6 Å². The Balaban J connectivity index is 1.41. The van der Waals surface area contributed by atoms with E-state index in [9.17, 15) is 4.79 Å². The third kappa shape index (κ3) is 3.60. The van der Waals surface area contributed by atoms with E-state index in [0.29, 0.717) is 18.7 Å². The molecule has 2 aliphatic rings. The smallest absolute Gasteiger partial charge is 0.257 e. The lowest BCUT2D eigenvalue weighted by molar-refractivity contribution is -0.134. The molecule has 3 aromatic rings.